The molecule has 0 aromatic rings. The Kier molecular flexibility index (Phi) is 11.4. The minimum absolute atomic E-state index is 0.892. The fourth-order valence-corrected chi connectivity index (χ4v) is 4.56. The van der Waals surface area contributed by atoms with Gasteiger partial charge in [0.15, 0.2) is 0 Å². The van der Waals surface area contributed by atoms with Gasteiger partial charge in [0.2, 0.25) is 0 Å². The summed E-state index contributed by atoms with van der Waals surface area (Å²) in [7, 11) is 5.32. The van der Waals surface area contributed by atoms with Gasteiger partial charge in [-0.1, -0.05) is 134 Å². The first-order valence-corrected chi connectivity index (χ1v) is 11.1. The van der Waals surface area contributed by atoms with Crippen LogP contribution in [-0.2, 0) is 0 Å². The fourth-order valence-electron chi connectivity index (χ4n) is 4.56. The average Bonchev–Trinajstić information content (AvgIpc) is 2.64. The minimum Gasteiger partial charge on any atom is -0.0774 e. The highest BCUT2D eigenvalue weighted by atomic mass is 14.1. The molecule has 0 bridgehead atoms. The maximum Gasteiger partial charge on any atom is 0.0699 e. The van der Waals surface area contributed by atoms with Crippen LogP contribution < -0.4 is 0 Å². The van der Waals surface area contributed by atoms with Crippen LogP contribution in [0.3, 0.4) is 0 Å². The molecule has 0 unspecified atom stereocenters. The maximum atomic E-state index is 2.66. The van der Waals surface area contributed by atoms with Crippen LogP contribution in [0.4, 0.5) is 0 Å². The van der Waals surface area contributed by atoms with Crippen LogP contribution in [0.15, 0.2) is 0 Å². The van der Waals surface area contributed by atoms with Gasteiger partial charge in [0.25, 0.3) is 0 Å². The van der Waals surface area contributed by atoms with Crippen molar-refractivity contribution in [3.63, 3.8) is 0 Å². The van der Waals surface area contributed by atoms with Crippen molar-refractivity contribution in [3.8, 4) is 0 Å². The predicted molar refractivity (Wildman–Crippen MR) is 107 cm³/mol. The molecule has 0 saturated heterocycles. The second-order valence-electron chi connectivity index (χ2n) is 8.36. The standard InChI is InChI=1S/C21H40B2/c1-2-5-9-13-17-20(16-12-8-4-1)22-23-21-18-14-10-6-3-7-11-15-19-21/h20-21H,1-19H2. The van der Waals surface area contributed by atoms with Crippen molar-refractivity contribution in [1.29, 1.82) is 0 Å². The number of rotatable bonds is 3. The van der Waals surface area contributed by atoms with E-state index < -0.39 is 0 Å². The zero-order chi connectivity index (χ0) is 16.0. The normalized spacial score (nSPS) is 25.2. The average molecular weight is 314 g/mol. The van der Waals surface area contributed by atoms with Gasteiger partial charge in [-0.05, 0) is 0 Å². The summed E-state index contributed by atoms with van der Waals surface area (Å²) in [6, 6.07) is 0. The zero-order valence-corrected chi connectivity index (χ0v) is 15.7. The summed E-state index contributed by atoms with van der Waals surface area (Å²) < 4.78 is 0. The SMILES string of the molecule is [B]([B]C1CCCCCCCCC1)C1CCCCCCCCCC1. The molecule has 23 heavy (non-hydrogen) atoms. The van der Waals surface area contributed by atoms with E-state index in [0.717, 1.165) is 11.6 Å². The van der Waals surface area contributed by atoms with Gasteiger partial charge in [-0.25, -0.2) is 0 Å². The number of hydrogen-bond acceptors (Lipinski definition) is 0. The van der Waals surface area contributed by atoms with Crippen LogP contribution in [-0.4, -0.2) is 14.3 Å². The molecule has 2 aliphatic rings. The summed E-state index contributed by atoms with van der Waals surface area (Å²) in [4.78, 5) is 0. The van der Waals surface area contributed by atoms with Gasteiger partial charge in [0.1, 0.15) is 0 Å². The van der Waals surface area contributed by atoms with Gasteiger partial charge >= 0.3 is 0 Å². The first-order chi connectivity index (χ1) is 11.4. The monoisotopic (exact) mass is 314 g/mol. The van der Waals surface area contributed by atoms with E-state index in [0.29, 0.717) is 0 Å². The molecule has 130 valence electrons. The lowest BCUT2D eigenvalue weighted by molar-refractivity contribution is 0.503. The molecule has 2 rings (SSSR count). The lowest BCUT2D eigenvalue weighted by Crippen LogP contribution is -2.18. The molecule has 0 nitrogen and oxygen atoms in total. The molecule has 0 aromatic carbocycles. The quantitative estimate of drug-likeness (QED) is 0.478. The second kappa shape index (κ2) is 13.4. The predicted octanol–water partition coefficient (Wildman–Crippen LogP) is 7.33. The van der Waals surface area contributed by atoms with Gasteiger partial charge in [-0.3, -0.25) is 0 Å². The van der Waals surface area contributed by atoms with Crippen LogP contribution >= 0.6 is 0 Å². The Morgan fingerprint density at radius 3 is 0.783 bits per heavy atom. The van der Waals surface area contributed by atoms with Crippen LogP contribution in [0.5, 0.6) is 0 Å². The van der Waals surface area contributed by atoms with Crippen molar-refractivity contribution in [2.24, 2.45) is 0 Å². The van der Waals surface area contributed by atoms with Crippen molar-refractivity contribution in [2.45, 2.75) is 134 Å². The molecule has 2 heteroatoms. The summed E-state index contributed by atoms with van der Waals surface area (Å²) in [5.74, 6) is 1.79. The summed E-state index contributed by atoms with van der Waals surface area (Å²) in [5.41, 5.74) is 0. The molecule has 0 aromatic heterocycles. The minimum atomic E-state index is 0.892. The Morgan fingerprint density at radius 1 is 0.304 bits per heavy atom. The van der Waals surface area contributed by atoms with Crippen LogP contribution in [0.25, 0.3) is 0 Å². The van der Waals surface area contributed by atoms with Gasteiger partial charge in [0, 0.05) is 0 Å². The molecule has 2 fully saturated rings. The third-order valence-corrected chi connectivity index (χ3v) is 6.21. The molecule has 0 aliphatic heterocycles. The van der Waals surface area contributed by atoms with Crippen molar-refractivity contribution in [1.82, 2.24) is 0 Å². The molecule has 0 N–H and O–H groups in total. The third-order valence-electron chi connectivity index (χ3n) is 6.21. The largest absolute Gasteiger partial charge is 0.0774 e. The summed E-state index contributed by atoms with van der Waals surface area (Å²) >= 11 is 0. The molecule has 0 atom stereocenters. The van der Waals surface area contributed by atoms with E-state index >= 15 is 0 Å². The van der Waals surface area contributed by atoms with Gasteiger partial charge in [-0.2, -0.15) is 0 Å². The molecule has 0 heterocycles. The Morgan fingerprint density at radius 2 is 0.522 bits per heavy atom. The summed E-state index contributed by atoms with van der Waals surface area (Å²) in [6.07, 6.45) is 28.1. The van der Waals surface area contributed by atoms with E-state index in [-0.39, 0.29) is 0 Å². The summed E-state index contributed by atoms with van der Waals surface area (Å²) in [5, 5.41) is 0. The van der Waals surface area contributed by atoms with Crippen LogP contribution in [0.1, 0.15) is 122 Å². The molecular weight excluding hydrogens is 274 g/mol. The summed E-state index contributed by atoms with van der Waals surface area (Å²) in [6.45, 7) is 0. The van der Waals surface area contributed by atoms with E-state index in [2.05, 4.69) is 14.3 Å². The van der Waals surface area contributed by atoms with Crippen LogP contribution in [0.2, 0.25) is 11.6 Å². The van der Waals surface area contributed by atoms with Crippen molar-refractivity contribution >= 4 is 14.3 Å². The second-order valence-corrected chi connectivity index (χ2v) is 8.36. The topological polar surface area (TPSA) is 0 Å². The smallest absolute Gasteiger partial charge is 0.0699 e. The highest BCUT2D eigenvalue weighted by molar-refractivity contribution is 7.01. The van der Waals surface area contributed by atoms with Gasteiger partial charge in [0.05, 0.1) is 14.3 Å². The maximum absolute atomic E-state index is 2.66. The van der Waals surface area contributed by atoms with Crippen LogP contribution in [0, 0.1) is 0 Å². The van der Waals surface area contributed by atoms with E-state index in [1.165, 1.54) is 122 Å². The Hall–Kier alpha value is 0.130. The van der Waals surface area contributed by atoms with E-state index in [4.69, 9.17) is 0 Å². The fraction of sp³-hybridized carbons (Fsp3) is 1.00. The van der Waals surface area contributed by atoms with Gasteiger partial charge < -0.3 is 0 Å². The molecule has 0 spiro atoms. The molecule has 2 saturated carbocycles. The number of hydrogen-bond donors (Lipinski definition) is 0. The van der Waals surface area contributed by atoms with Gasteiger partial charge in [-0.15, -0.1) is 0 Å². The molecular formula is C21H40B2. The lowest BCUT2D eigenvalue weighted by Gasteiger charge is -2.21. The van der Waals surface area contributed by atoms with E-state index in [1.54, 1.807) is 0 Å². The Bertz CT molecular complexity index is 245. The first-order valence-electron chi connectivity index (χ1n) is 11.1. The third kappa shape index (κ3) is 9.88. The lowest BCUT2D eigenvalue weighted by atomic mass is 9.28. The van der Waals surface area contributed by atoms with E-state index in [9.17, 15) is 0 Å². The molecule has 2 aliphatic carbocycles. The Labute approximate surface area is 148 Å². The Balaban J connectivity index is 1.68. The van der Waals surface area contributed by atoms with E-state index in [1.807, 2.05) is 0 Å². The van der Waals surface area contributed by atoms with Crippen molar-refractivity contribution in [2.75, 3.05) is 0 Å². The molecule has 2 radical (unpaired) electrons. The van der Waals surface area contributed by atoms with Crippen molar-refractivity contribution < 1.29 is 0 Å². The first kappa shape index (κ1) is 19.5. The van der Waals surface area contributed by atoms with Crippen molar-refractivity contribution in [3.05, 3.63) is 0 Å². The zero-order valence-electron chi connectivity index (χ0n) is 15.7. The highest BCUT2D eigenvalue weighted by Crippen LogP contribution is 2.28. The highest BCUT2D eigenvalue weighted by Gasteiger charge is 2.16. The molecule has 0 amide bonds.